The molecule has 0 saturated carbocycles. The lowest BCUT2D eigenvalue weighted by Gasteiger charge is -2.28. The summed E-state index contributed by atoms with van der Waals surface area (Å²) in [5.41, 5.74) is 7.06. The van der Waals surface area contributed by atoms with Crippen molar-refractivity contribution in [2.75, 3.05) is 33.4 Å². The molecule has 1 aliphatic heterocycles. The summed E-state index contributed by atoms with van der Waals surface area (Å²) in [5.74, 6) is 1.15. The fourth-order valence-corrected chi connectivity index (χ4v) is 2.56. The quantitative estimate of drug-likeness (QED) is 0.716. The third-order valence-corrected chi connectivity index (χ3v) is 3.59. The molecule has 0 spiro atoms. The van der Waals surface area contributed by atoms with Gasteiger partial charge in [0, 0.05) is 26.6 Å². The summed E-state index contributed by atoms with van der Waals surface area (Å²) in [6, 6.07) is 0. The van der Waals surface area contributed by atoms with E-state index in [1.165, 1.54) is 5.57 Å². The van der Waals surface area contributed by atoms with E-state index in [0.717, 1.165) is 25.9 Å². The molecule has 0 bridgehead atoms. The Morgan fingerprint density at radius 3 is 2.74 bits per heavy atom. The van der Waals surface area contributed by atoms with Gasteiger partial charge in [0.2, 0.25) is 5.91 Å². The van der Waals surface area contributed by atoms with Crippen LogP contribution in [0.3, 0.4) is 0 Å². The van der Waals surface area contributed by atoms with Crippen molar-refractivity contribution >= 4 is 5.91 Å². The molecule has 0 aromatic carbocycles. The fourth-order valence-electron chi connectivity index (χ4n) is 2.56. The lowest BCUT2D eigenvalue weighted by molar-refractivity contribution is -0.132. The minimum absolute atomic E-state index is 0.240. The predicted octanol–water partition coefficient (Wildman–Crippen LogP) is 1.80. The summed E-state index contributed by atoms with van der Waals surface area (Å²) >= 11 is 0. The molecular weight excluding hydrogens is 240 g/mol. The van der Waals surface area contributed by atoms with Gasteiger partial charge in [-0.15, -0.1) is 0 Å². The minimum Gasteiger partial charge on any atom is -0.380 e. The van der Waals surface area contributed by atoms with Gasteiger partial charge in [0.1, 0.15) is 0 Å². The number of rotatable bonds is 7. The van der Waals surface area contributed by atoms with Crippen LogP contribution in [0, 0.1) is 11.8 Å². The second-order valence-electron chi connectivity index (χ2n) is 5.82. The Morgan fingerprint density at radius 1 is 1.53 bits per heavy atom. The maximum absolute atomic E-state index is 12.2. The molecule has 19 heavy (non-hydrogen) atoms. The first-order valence-corrected chi connectivity index (χ1v) is 7.21. The topological polar surface area (TPSA) is 55.6 Å². The van der Waals surface area contributed by atoms with E-state index in [1.54, 1.807) is 7.11 Å². The number of hydrogen-bond donors (Lipinski definition) is 1. The first-order chi connectivity index (χ1) is 9.06. The molecule has 110 valence electrons. The average Bonchev–Trinajstić information content (AvgIpc) is 2.38. The monoisotopic (exact) mass is 268 g/mol. The van der Waals surface area contributed by atoms with Gasteiger partial charge in [-0.3, -0.25) is 4.79 Å². The summed E-state index contributed by atoms with van der Waals surface area (Å²) in [6.07, 6.45) is 4.66. The Hall–Kier alpha value is -0.870. The number of carbonyl (C=O) groups is 1. The second-order valence-corrected chi connectivity index (χ2v) is 5.82. The molecule has 0 unspecified atom stereocenters. The van der Waals surface area contributed by atoms with Crippen molar-refractivity contribution in [1.29, 1.82) is 0 Å². The molecule has 1 rings (SSSR count). The molecule has 0 fully saturated rings. The standard InChI is InChI=1S/C15H28N2O2/c1-12(2)8-14(10-16)9-15(18)17-6-4-13(5-7-17)11-19-3/h4,12,14H,5-11,16H2,1-3H3/t14-/m0/s1. The SMILES string of the molecule is COCC1=CCN(C(=O)C[C@@H](CN)CC(C)C)CC1. The van der Waals surface area contributed by atoms with E-state index in [0.29, 0.717) is 31.4 Å². The maximum Gasteiger partial charge on any atom is 0.223 e. The number of nitrogens with two attached hydrogens (primary N) is 1. The zero-order valence-corrected chi connectivity index (χ0v) is 12.5. The van der Waals surface area contributed by atoms with Gasteiger partial charge < -0.3 is 15.4 Å². The number of amides is 1. The van der Waals surface area contributed by atoms with Gasteiger partial charge in [-0.2, -0.15) is 0 Å². The van der Waals surface area contributed by atoms with Gasteiger partial charge in [0.15, 0.2) is 0 Å². The molecule has 0 aromatic rings. The number of hydrogen-bond acceptors (Lipinski definition) is 3. The Balaban J connectivity index is 2.42. The third kappa shape index (κ3) is 5.74. The molecule has 4 heteroatoms. The molecule has 1 heterocycles. The summed E-state index contributed by atoms with van der Waals surface area (Å²) in [5, 5.41) is 0. The Labute approximate surface area is 117 Å². The predicted molar refractivity (Wildman–Crippen MR) is 77.8 cm³/mol. The normalized spacial score (nSPS) is 17.5. The Bertz CT molecular complexity index is 313. The molecular formula is C15H28N2O2. The first-order valence-electron chi connectivity index (χ1n) is 7.21. The highest BCUT2D eigenvalue weighted by Gasteiger charge is 2.20. The first kappa shape index (κ1) is 16.2. The lowest BCUT2D eigenvalue weighted by atomic mass is 9.93. The van der Waals surface area contributed by atoms with Gasteiger partial charge in [-0.05, 0) is 36.8 Å². The highest BCUT2D eigenvalue weighted by Crippen LogP contribution is 2.18. The fraction of sp³-hybridized carbons (Fsp3) is 0.800. The molecule has 2 N–H and O–H groups in total. The van der Waals surface area contributed by atoms with Crippen LogP contribution in [0.15, 0.2) is 11.6 Å². The van der Waals surface area contributed by atoms with Gasteiger partial charge in [-0.1, -0.05) is 19.9 Å². The molecule has 1 aliphatic rings. The molecule has 0 saturated heterocycles. The van der Waals surface area contributed by atoms with E-state index in [4.69, 9.17) is 10.5 Å². The number of nitrogens with zero attached hydrogens (tertiary/aromatic N) is 1. The Morgan fingerprint density at radius 2 is 2.26 bits per heavy atom. The number of methoxy groups -OCH3 is 1. The van der Waals surface area contributed by atoms with E-state index in [2.05, 4.69) is 19.9 Å². The van der Waals surface area contributed by atoms with Crippen LogP contribution < -0.4 is 5.73 Å². The minimum atomic E-state index is 0.240. The second kappa shape index (κ2) is 8.33. The van der Waals surface area contributed by atoms with Crippen LogP contribution in [0.1, 0.15) is 33.1 Å². The van der Waals surface area contributed by atoms with Crippen molar-refractivity contribution < 1.29 is 9.53 Å². The Kier molecular flexibility index (Phi) is 7.10. The van der Waals surface area contributed by atoms with E-state index >= 15 is 0 Å². The van der Waals surface area contributed by atoms with Crippen LogP contribution >= 0.6 is 0 Å². The van der Waals surface area contributed by atoms with Crippen molar-refractivity contribution in [2.45, 2.75) is 33.1 Å². The highest BCUT2D eigenvalue weighted by atomic mass is 16.5. The van der Waals surface area contributed by atoms with Crippen molar-refractivity contribution in [1.82, 2.24) is 4.90 Å². The summed E-state index contributed by atoms with van der Waals surface area (Å²) in [6.45, 7) is 7.16. The van der Waals surface area contributed by atoms with E-state index in [9.17, 15) is 4.79 Å². The van der Waals surface area contributed by atoms with Crippen LogP contribution in [0.5, 0.6) is 0 Å². The molecule has 1 atom stereocenters. The van der Waals surface area contributed by atoms with Crippen molar-refractivity contribution in [2.24, 2.45) is 17.6 Å². The summed E-state index contributed by atoms with van der Waals surface area (Å²) < 4.78 is 5.11. The van der Waals surface area contributed by atoms with Gasteiger partial charge in [0.25, 0.3) is 0 Å². The molecule has 0 aromatic heterocycles. The zero-order valence-electron chi connectivity index (χ0n) is 12.5. The molecule has 0 radical (unpaired) electrons. The van der Waals surface area contributed by atoms with E-state index in [1.807, 2.05) is 4.90 Å². The summed E-state index contributed by atoms with van der Waals surface area (Å²) in [4.78, 5) is 14.2. The highest BCUT2D eigenvalue weighted by molar-refractivity contribution is 5.76. The van der Waals surface area contributed by atoms with Crippen LogP contribution in [-0.4, -0.2) is 44.2 Å². The average molecular weight is 268 g/mol. The summed E-state index contributed by atoms with van der Waals surface area (Å²) in [7, 11) is 1.70. The van der Waals surface area contributed by atoms with Crippen LogP contribution in [0.2, 0.25) is 0 Å². The van der Waals surface area contributed by atoms with E-state index < -0.39 is 0 Å². The molecule has 1 amide bonds. The maximum atomic E-state index is 12.2. The van der Waals surface area contributed by atoms with Gasteiger partial charge >= 0.3 is 0 Å². The molecule has 0 aliphatic carbocycles. The van der Waals surface area contributed by atoms with Gasteiger partial charge in [-0.25, -0.2) is 0 Å². The van der Waals surface area contributed by atoms with Crippen LogP contribution in [0.25, 0.3) is 0 Å². The van der Waals surface area contributed by atoms with Crippen molar-refractivity contribution in [3.63, 3.8) is 0 Å². The van der Waals surface area contributed by atoms with E-state index in [-0.39, 0.29) is 5.91 Å². The number of carbonyl (C=O) groups excluding carboxylic acids is 1. The van der Waals surface area contributed by atoms with Crippen molar-refractivity contribution in [3.8, 4) is 0 Å². The van der Waals surface area contributed by atoms with Crippen LogP contribution in [-0.2, 0) is 9.53 Å². The number of ether oxygens (including phenoxy) is 1. The smallest absolute Gasteiger partial charge is 0.223 e. The molecule has 4 nitrogen and oxygen atoms in total. The van der Waals surface area contributed by atoms with Crippen molar-refractivity contribution in [3.05, 3.63) is 11.6 Å². The largest absolute Gasteiger partial charge is 0.380 e. The van der Waals surface area contributed by atoms with Gasteiger partial charge in [0.05, 0.1) is 6.61 Å². The third-order valence-electron chi connectivity index (χ3n) is 3.59. The lowest BCUT2D eigenvalue weighted by Crippen LogP contribution is -2.37. The van der Waals surface area contributed by atoms with Crippen LogP contribution in [0.4, 0.5) is 0 Å². The zero-order chi connectivity index (χ0) is 14.3.